The van der Waals surface area contributed by atoms with E-state index in [1.165, 1.54) is 12.8 Å². The highest BCUT2D eigenvalue weighted by atomic mass is 35.5. The van der Waals surface area contributed by atoms with E-state index in [-0.39, 0.29) is 49.2 Å². The van der Waals surface area contributed by atoms with Gasteiger partial charge in [0, 0.05) is 39.1 Å². The molecule has 2 fully saturated rings. The molecular weight excluding hydrogens is 294 g/mol. The van der Waals surface area contributed by atoms with Crippen LogP contribution in [0.3, 0.4) is 0 Å². The van der Waals surface area contributed by atoms with Crippen molar-refractivity contribution >= 4 is 24.2 Å². The number of amides is 2. The van der Waals surface area contributed by atoms with Crippen molar-refractivity contribution in [2.45, 2.75) is 56.7 Å². The third-order valence-corrected chi connectivity index (χ3v) is 4.11. The number of halogens is 1. The Bertz CT molecular complexity index is 348. The van der Waals surface area contributed by atoms with Gasteiger partial charge in [0.2, 0.25) is 11.8 Å². The Morgan fingerprint density at radius 1 is 1.10 bits per heavy atom. The summed E-state index contributed by atoms with van der Waals surface area (Å²) < 4.78 is 5.28. The Kier molecular flexibility index (Phi) is 8.00. The van der Waals surface area contributed by atoms with Crippen molar-refractivity contribution in [1.29, 1.82) is 0 Å². The molecular formula is C14H26ClN3O3. The van der Waals surface area contributed by atoms with E-state index in [2.05, 4.69) is 16.0 Å². The molecule has 6 nitrogen and oxygen atoms in total. The molecule has 1 aliphatic carbocycles. The summed E-state index contributed by atoms with van der Waals surface area (Å²) in [7, 11) is 1.64. The van der Waals surface area contributed by atoms with Crippen molar-refractivity contribution in [3.63, 3.8) is 0 Å². The van der Waals surface area contributed by atoms with Gasteiger partial charge in [0.25, 0.3) is 0 Å². The highest BCUT2D eigenvalue weighted by Crippen LogP contribution is 2.17. The average Bonchev–Trinajstić information content (AvgIpc) is 3.07. The number of nitrogens with one attached hydrogen (secondary N) is 3. The lowest BCUT2D eigenvalue weighted by molar-refractivity contribution is -0.127. The first-order valence-electron chi connectivity index (χ1n) is 7.51. The van der Waals surface area contributed by atoms with Gasteiger partial charge in [-0.25, -0.2) is 0 Å². The first-order chi connectivity index (χ1) is 9.69. The van der Waals surface area contributed by atoms with Gasteiger partial charge in [-0.05, 0) is 12.8 Å². The highest BCUT2D eigenvalue weighted by molar-refractivity contribution is 5.85. The van der Waals surface area contributed by atoms with Crippen molar-refractivity contribution in [3.8, 4) is 0 Å². The van der Waals surface area contributed by atoms with Crippen LogP contribution in [0.15, 0.2) is 0 Å². The molecule has 0 radical (unpaired) electrons. The zero-order valence-electron chi connectivity index (χ0n) is 12.5. The van der Waals surface area contributed by atoms with Crippen LogP contribution in [-0.2, 0) is 14.3 Å². The fourth-order valence-corrected chi connectivity index (χ4v) is 2.92. The fourth-order valence-electron chi connectivity index (χ4n) is 2.92. The number of carbonyl (C=O) groups excluding carboxylic acids is 2. The summed E-state index contributed by atoms with van der Waals surface area (Å²) in [5.74, 6) is -0.0952. The van der Waals surface area contributed by atoms with Crippen LogP contribution in [0.5, 0.6) is 0 Å². The lowest BCUT2D eigenvalue weighted by Gasteiger charge is -2.18. The SMILES string of the molecule is CO[C@H]1CNC[C@@H]1NC(=O)CCC(=O)NC1CCCC1.Cl. The van der Waals surface area contributed by atoms with Gasteiger partial charge in [-0.2, -0.15) is 0 Å². The summed E-state index contributed by atoms with van der Waals surface area (Å²) in [4.78, 5) is 23.6. The van der Waals surface area contributed by atoms with Gasteiger partial charge in [-0.15, -0.1) is 12.4 Å². The van der Waals surface area contributed by atoms with Crippen molar-refractivity contribution in [2.75, 3.05) is 20.2 Å². The van der Waals surface area contributed by atoms with E-state index in [0.717, 1.165) is 25.9 Å². The van der Waals surface area contributed by atoms with Gasteiger partial charge in [0.15, 0.2) is 0 Å². The first-order valence-corrected chi connectivity index (χ1v) is 7.51. The van der Waals surface area contributed by atoms with Crippen molar-refractivity contribution in [3.05, 3.63) is 0 Å². The Balaban J connectivity index is 0.00000220. The summed E-state index contributed by atoms with van der Waals surface area (Å²) in [5, 5.41) is 9.09. The molecule has 0 aromatic rings. The standard InChI is InChI=1S/C14H25N3O3.ClH/c1-20-12-9-15-8-11(12)17-14(19)7-6-13(18)16-10-4-2-3-5-10;/h10-12,15H,2-9H2,1H3,(H,16,18)(H,17,19);1H/t11-,12-;/m0./s1. The van der Waals surface area contributed by atoms with E-state index < -0.39 is 0 Å². The monoisotopic (exact) mass is 319 g/mol. The number of carbonyl (C=O) groups is 2. The summed E-state index contributed by atoms with van der Waals surface area (Å²) in [6, 6.07) is 0.327. The summed E-state index contributed by atoms with van der Waals surface area (Å²) in [6.07, 6.45) is 5.05. The van der Waals surface area contributed by atoms with Crippen LogP contribution in [0.1, 0.15) is 38.5 Å². The van der Waals surface area contributed by atoms with E-state index in [9.17, 15) is 9.59 Å². The zero-order chi connectivity index (χ0) is 14.4. The predicted octanol–water partition coefficient (Wildman–Crippen LogP) is 0.350. The Morgan fingerprint density at radius 2 is 1.71 bits per heavy atom. The number of hydrogen-bond acceptors (Lipinski definition) is 4. The third-order valence-electron chi connectivity index (χ3n) is 4.11. The van der Waals surface area contributed by atoms with Gasteiger partial charge < -0.3 is 20.7 Å². The minimum Gasteiger partial charge on any atom is -0.378 e. The maximum Gasteiger partial charge on any atom is 0.220 e. The molecule has 2 aliphatic rings. The molecule has 2 atom stereocenters. The fraction of sp³-hybridized carbons (Fsp3) is 0.857. The van der Waals surface area contributed by atoms with E-state index in [4.69, 9.17) is 4.74 Å². The van der Waals surface area contributed by atoms with E-state index in [1.807, 2.05) is 0 Å². The Labute approximate surface area is 132 Å². The number of hydrogen-bond donors (Lipinski definition) is 3. The molecule has 3 N–H and O–H groups in total. The van der Waals surface area contributed by atoms with Gasteiger partial charge >= 0.3 is 0 Å². The Morgan fingerprint density at radius 3 is 2.33 bits per heavy atom. The largest absolute Gasteiger partial charge is 0.378 e. The van der Waals surface area contributed by atoms with Gasteiger partial charge in [0.05, 0.1) is 12.1 Å². The lowest BCUT2D eigenvalue weighted by Crippen LogP contribution is -2.44. The Hall–Kier alpha value is -0.850. The molecule has 2 rings (SSSR count). The number of methoxy groups -OCH3 is 1. The molecule has 122 valence electrons. The highest BCUT2D eigenvalue weighted by Gasteiger charge is 2.28. The van der Waals surface area contributed by atoms with Crippen LogP contribution < -0.4 is 16.0 Å². The second kappa shape index (κ2) is 9.23. The topological polar surface area (TPSA) is 79.5 Å². The maximum absolute atomic E-state index is 11.8. The molecule has 0 aromatic heterocycles. The molecule has 0 unspecified atom stereocenters. The van der Waals surface area contributed by atoms with Crippen LogP contribution in [-0.4, -0.2) is 50.2 Å². The second-order valence-electron chi connectivity index (χ2n) is 5.66. The first kappa shape index (κ1) is 18.2. The third kappa shape index (κ3) is 5.80. The number of ether oxygens (including phenoxy) is 1. The smallest absolute Gasteiger partial charge is 0.220 e. The van der Waals surface area contributed by atoms with Crippen molar-refractivity contribution < 1.29 is 14.3 Å². The molecule has 1 aliphatic heterocycles. The van der Waals surface area contributed by atoms with Gasteiger partial charge in [-0.1, -0.05) is 12.8 Å². The molecule has 21 heavy (non-hydrogen) atoms. The summed E-state index contributed by atoms with van der Waals surface area (Å²) in [6.45, 7) is 1.47. The molecule has 0 aromatic carbocycles. The summed E-state index contributed by atoms with van der Waals surface area (Å²) in [5.41, 5.74) is 0. The lowest BCUT2D eigenvalue weighted by atomic mass is 10.2. The van der Waals surface area contributed by atoms with Crippen molar-refractivity contribution in [1.82, 2.24) is 16.0 Å². The molecule has 0 bridgehead atoms. The van der Waals surface area contributed by atoms with Crippen LogP contribution in [0.25, 0.3) is 0 Å². The van der Waals surface area contributed by atoms with E-state index >= 15 is 0 Å². The molecule has 1 saturated heterocycles. The normalized spacial score (nSPS) is 25.4. The average molecular weight is 320 g/mol. The van der Waals surface area contributed by atoms with E-state index in [1.54, 1.807) is 7.11 Å². The quantitative estimate of drug-likeness (QED) is 0.660. The predicted molar refractivity (Wildman–Crippen MR) is 82.5 cm³/mol. The van der Waals surface area contributed by atoms with Gasteiger partial charge in [0.1, 0.15) is 0 Å². The van der Waals surface area contributed by atoms with Gasteiger partial charge in [-0.3, -0.25) is 9.59 Å². The van der Waals surface area contributed by atoms with E-state index in [0.29, 0.717) is 6.04 Å². The number of rotatable bonds is 6. The van der Waals surface area contributed by atoms with Crippen LogP contribution in [0.4, 0.5) is 0 Å². The minimum atomic E-state index is -0.0812. The zero-order valence-corrected chi connectivity index (χ0v) is 13.3. The second-order valence-corrected chi connectivity index (χ2v) is 5.66. The summed E-state index contributed by atoms with van der Waals surface area (Å²) >= 11 is 0. The molecule has 2 amide bonds. The molecule has 1 heterocycles. The van der Waals surface area contributed by atoms with Crippen LogP contribution >= 0.6 is 12.4 Å². The maximum atomic E-state index is 11.8. The molecule has 0 spiro atoms. The van der Waals surface area contributed by atoms with Crippen LogP contribution in [0.2, 0.25) is 0 Å². The molecule has 7 heteroatoms. The van der Waals surface area contributed by atoms with Crippen LogP contribution in [0, 0.1) is 0 Å². The minimum absolute atomic E-state index is 0. The molecule has 1 saturated carbocycles. The van der Waals surface area contributed by atoms with Crippen molar-refractivity contribution in [2.24, 2.45) is 0 Å².